The molecule has 7 nitrogen and oxygen atoms in total. The summed E-state index contributed by atoms with van der Waals surface area (Å²) in [4.78, 5) is 27.9. The minimum atomic E-state index is -0.321. The zero-order valence-electron chi connectivity index (χ0n) is 10.9. The molecule has 3 N–H and O–H groups in total. The minimum Gasteiger partial charge on any atom is -0.368 e. The third-order valence-electron chi connectivity index (χ3n) is 2.40. The summed E-state index contributed by atoms with van der Waals surface area (Å²) in [5, 5.41) is 2.86. The Bertz CT molecular complexity index is 579. The van der Waals surface area contributed by atoms with Crippen LogP contribution in [0.4, 0.5) is 11.8 Å². The molecule has 0 saturated heterocycles. The topological polar surface area (TPSA) is 107 Å². The van der Waals surface area contributed by atoms with E-state index in [1.54, 1.807) is 18.3 Å². The maximum Gasteiger partial charge on any atom is 0.239 e. The largest absolute Gasteiger partial charge is 0.368 e. The summed E-state index contributed by atoms with van der Waals surface area (Å²) in [7, 11) is 0. The highest BCUT2D eigenvalue weighted by atomic mass is 32.2. The van der Waals surface area contributed by atoms with E-state index in [1.807, 2.05) is 13.0 Å². The maximum absolute atomic E-state index is 12.2. The van der Waals surface area contributed by atoms with Crippen LogP contribution in [0.25, 0.3) is 0 Å². The molecule has 2 aromatic heterocycles. The van der Waals surface area contributed by atoms with E-state index in [0.717, 1.165) is 0 Å². The second-order valence-electron chi connectivity index (χ2n) is 3.85. The van der Waals surface area contributed by atoms with E-state index < -0.39 is 0 Å². The molecule has 0 aromatic carbocycles. The molecule has 8 heteroatoms. The predicted octanol–water partition coefficient (Wildman–Crippen LogP) is 1.36. The number of nitrogens with two attached hydrogens (primary N) is 1. The average Bonchev–Trinajstić information content (AvgIpc) is 2.46. The number of nitrogens with one attached hydrogen (secondary N) is 1. The number of thioether (sulfide) groups is 1. The lowest BCUT2D eigenvalue weighted by Gasteiger charge is -2.13. The van der Waals surface area contributed by atoms with Gasteiger partial charge in [0, 0.05) is 6.20 Å². The molecule has 0 saturated carbocycles. The molecule has 1 amide bonds. The number of anilines is 2. The molecule has 1 atom stereocenters. The van der Waals surface area contributed by atoms with Crippen LogP contribution >= 0.6 is 11.8 Å². The van der Waals surface area contributed by atoms with Crippen molar-refractivity contribution in [3.63, 3.8) is 0 Å². The van der Waals surface area contributed by atoms with E-state index in [0.29, 0.717) is 17.4 Å². The molecule has 2 heterocycles. The van der Waals surface area contributed by atoms with Crippen LogP contribution in [0, 0.1) is 0 Å². The number of hydrogen-bond donors (Lipinski definition) is 2. The Morgan fingerprint density at radius 3 is 2.90 bits per heavy atom. The maximum atomic E-state index is 12.2. The van der Waals surface area contributed by atoms with Crippen LogP contribution in [0.2, 0.25) is 0 Å². The number of nitrogens with zero attached hydrogens (tertiary/aromatic N) is 4. The Hall–Kier alpha value is -2.22. The van der Waals surface area contributed by atoms with Crippen LogP contribution < -0.4 is 11.1 Å². The number of hydrogen-bond acceptors (Lipinski definition) is 7. The third-order valence-corrected chi connectivity index (χ3v) is 3.63. The Balaban J connectivity index is 2.02. The highest BCUT2D eigenvalue weighted by molar-refractivity contribution is 8.00. The summed E-state index contributed by atoms with van der Waals surface area (Å²) in [5.41, 5.74) is 5.49. The first-order valence-electron chi connectivity index (χ1n) is 6.02. The van der Waals surface area contributed by atoms with Gasteiger partial charge in [-0.05, 0) is 18.6 Å². The van der Waals surface area contributed by atoms with Gasteiger partial charge in [0.15, 0.2) is 5.16 Å². The van der Waals surface area contributed by atoms with Crippen molar-refractivity contribution in [3.8, 4) is 0 Å². The number of pyridine rings is 1. The summed E-state index contributed by atoms with van der Waals surface area (Å²) in [6.07, 6.45) is 3.58. The van der Waals surface area contributed by atoms with Crippen molar-refractivity contribution < 1.29 is 4.79 Å². The van der Waals surface area contributed by atoms with Crippen LogP contribution in [-0.2, 0) is 4.79 Å². The second kappa shape index (κ2) is 6.80. The lowest BCUT2D eigenvalue weighted by atomic mass is 10.3. The fourth-order valence-corrected chi connectivity index (χ4v) is 2.28. The van der Waals surface area contributed by atoms with E-state index in [-0.39, 0.29) is 17.1 Å². The van der Waals surface area contributed by atoms with Crippen molar-refractivity contribution >= 4 is 29.4 Å². The predicted molar refractivity (Wildman–Crippen MR) is 77.0 cm³/mol. The van der Waals surface area contributed by atoms with Gasteiger partial charge < -0.3 is 11.1 Å². The van der Waals surface area contributed by atoms with E-state index in [4.69, 9.17) is 5.73 Å². The normalized spacial score (nSPS) is 11.8. The monoisotopic (exact) mass is 290 g/mol. The lowest BCUT2D eigenvalue weighted by Crippen LogP contribution is -2.25. The Morgan fingerprint density at radius 2 is 2.25 bits per heavy atom. The van der Waals surface area contributed by atoms with Crippen LogP contribution in [0.3, 0.4) is 0 Å². The molecule has 20 heavy (non-hydrogen) atoms. The van der Waals surface area contributed by atoms with Crippen LogP contribution in [0.15, 0.2) is 35.9 Å². The highest BCUT2D eigenvalue weighted by Gasteiger charge is 2.19. The van der Waals surface area contributed by atoms with E-state index >= 15 is 0 Å². The number of carbonyl (C=O) groups excluding carboxylic acids is 1. The first-order chi connectivity index (χ1) is 9.69. The smallest absolute Gasteiger partial charge is 0.239 e. The molecule has 0 bridgehead atoms. The molecule has 104 valence electrons. The Morgan fingerprint density at radius 1 is 1.40 bits per heavy atom. The minimum absolute atomic E-state index is 0.141. The van der Waals surface area contributed by atoms with Crippen LogP contribution in [-0.4, -0.2) is 31.1 Å². The second-order valence-corrected chi connectivity index (χ2v) is 5.02. The molecule has 0 aliphatic heterocycles. The Kier molecular flexibility index (Phi) is 4.83. The van der Waals surface area contributed by atoms with Gasteiger partial charge in [0.2, 0.25) is 11.9 Å². The summed E-state index contributed by atoms with van der Waals surface area (Å²) >= 11 is 1.25. The SMILES string of the molecule is CCC(Sc1ncnc(N)n1)C(=O)Nc1ccccn1. The molecular formula is C12H14N6OS. The fourth-order valence-electron chi connectivity index (χ4n) is 1.44. The van der Waals surface area contributed by atoms with Gasteiger partial charge in [-0.2, -0.15) is 4.98 Å². The van der Waals surface area contributed by atoms with Crippen molar-refractivity contribution in [2.24, 2.45) is 0 Å². The summed E-state index contributed by atoms with van der Waals surface area (Å²) in [6.45, 7) is 1.92. The molecule has 2 rings (SSSR count). The van der Waals surface area contributed by atoms with Crippen molar-refractivity contribution in [1.82, 2.24) is 19.9 Å². The van der Waals surface area contributed by atoms with Gasteiger partial charge in [-0.3, -0.25) is 4.79 Å². The van der Waals surface area contributed by atoms with E-state index in [1.165, 1.54) is 18.1 Å². The Labute approximate surface area is 120 Å². The summed E-state index contributed by atoms with van der Waals surface area (Å²) in [6, 6.07) is 5.33. The molecular weight excluding hydrogens is 276 g/mol. The molecule has 0 spiro atoms. The quantitative estimate of drug-likeness (QED) is 0.800. The van der Waals surface area contributed by atoms with Crippen molar-refractivity contribution in [2.75, 3.05) is 11.1 Å². The first-order valence-corrected chi connectivity index (χ1v) is 6.90. The van der Waals surface area contributed by atoms with Gasteiger partial charge >= 0.3 is 0 Å². The standard InChI is InChI=1S/C12H14N6OS/c1-2-8(20-12-16-7-15-11(13)18-12)10(19)17-9-5-3-4-6-14-9/h3-8H,2H2,1H3,(H,14,17,19)(H2,13,15,16,18). The van der Waals surface area contributed by atoms with Gasteiger partial charge in [0.25, 0.3) is 0 Å². The van der Waals surface area contributed by atoms with Gasteiger partial charge in [0.1, 0.15) is 12.1 Å². The van der Waals surface area contributed by atoms with Crippen molar-refractivity contribution in [3.05, 3.63) is 30.7 Å². The molecule has 2 aromatic rings. The van der Waals surface area contributed by atoms with Gasteiger partial charge in [-0.25, -0.2) is 15.0 Å². The first kappa shape index (κ1) is 14.2. The zero-order chi connectivity index (χ0) is 14.4. The molecule has 0 radical (unpaired) electrons. The number of nitrogen functional groups attached to an aromatic ring is 1. The van der Waals surface area contributed by atoms with Gasteiger partial charge in [-0.15, -0.1) is 0 Å². The van der Waals surface area contributed by atoms with Crippen LogP contribution in [0.5, 0.6) is 0 Å². The number of carbonyl (C=O) groups is 1. The summed E-state index contributed by atoms with van der Waals surface area (Å²) in [5.74, 6) is 0.518. The van der Waals surface area contributed by atoms with E-state index in [2.05, 4.69) is 25.3 Å². The van der Waals surface area contributed by atoms with Gasteiger partial charge in [0.05, 0.1) is 5.25 Å². The number of amides is 1. The number of rotatable bonds is 5. The van der Waals surface area contributed by atoms with E-state index in [9.17, 15) is 4.79 Å². The van der Waals surface area contributed by atoms with Crippen LogP contribution in [0.1, 0.15) is 13.3 Å². The molecule has 1 unspecified atom stereocenters. The molecule has 0 aliphatic rings. The lowest BCUT2D eigenvalue weighted by molar-refractivity contribution is -0.115. The van der Waals surface area contributed by atoms with Gasteiger partial charge in [-0.1, -0.05) is 24.8 Å². The number of aromatic nitrogens is 4. The van der Waals surface area contributed by atoms with Crippen molar-refractivity contribution in [1.29, 1.82) is 0 Å². The third kappa shape index (κ3) is 3.89. The molecule has 0 aliphatic carbocycles. The average molecular weight is 290 g/mol. The molecule has 0 fully saturated rings. The fraction of sp³-hybridized carbons (Fsp3) is 0.250. The van der Waals surface area contributed by atoms with Crippen molar-refractivity contribution in [2.45, 2.75) is 23.8 Å². The highest BCUT2D eigenvalue weighted by Crippen LogP contribution is 2.23. The zero-order valence-corrected chi connectivity index (χ0v) is 11.7. The summed E-state index contributed by atoms with van der Waals surface area (Å²) < 4.78 is 0.